The third kappa shape index (κ3) is 2.34. The Kier molecular flexibility index (Phi) is 3.10. The molecule has 0 amide bonds. The number of halogens is 1. The normalized spacial score (nSPS) is 10.3. The fraction of sp³-hybridized carbons (Fsp3) is 0.167. The van der Waals surface area contributed by atoms with E-state index in [0.29, 0.717) is 18.7 Å². The third-order valence-electron chi connectivity index (χ3n) is 2.35. The zero-order valence-corrected chi connectivity index (χ0v) is 8.56. The second-order valence-electron chi connectivity index (χ2n) is 3.42. The van der Waals surface area contributed by atoms with Crippen molar-refractivity contribution in [2.24, 2.45) is 0 Å². The molecule has 1 radical (unpaired) electrons. The van der Waals surface area contributed by atoms with Crippen LogP contribution in [0.25, 0.3) is 0 Å². The molecule has 81 valence electrons. The Labute approximate surface area is 92.5 Å². The van der Waals surface area contributed by atoms with Crippen LogP contribution >= 0.6 is 0 Å². The van der Waals surface area contributed by atoms with Gasteiger partial charge in [0.15, 0.2) is 0 Å². The number of rotatable bonds is 4. The average Bonchev–Trinajstić information content (AvgIpc) is 2.76. The van der Waals surface area contributed by atoms with Gasteiger partial charge in [-0.2, -0.15) is 5.10 Å². The van der Waals surface area contributed by atoms with Crippen LogP contribution in [-0.4, -0.2) is 16.1 Å². The Morgan fingerprint density at radius 1 is 1.25 bits per heavy atom. The number of aromatic nitrogens is 2. The maximum absolute atomic E-state index is 12.7. The Morgan fingerprint density at radius 2 is 2.00 bits per heavy atom. The van der Waals surface area contributed by atoms with Gasteiger partial charge < -0.3 is 0 Å². The van der Waals surface area contributed by atoms with Crippen molar-refractivity contribution in [3.05, 3.63) is 53.6 Å². The molecule has 0 aliphatic rings. The summed E-state index contributed by atoms with van der Waals surface area (Å²) in [4.78, 5) is 10.5. The highest BCUT2D eigenvalue weighted by molar-refractivity contribution is 5.72. The molecule has 2 rings (SSSR count). The van der Waals surface area contributed by atoms with Crippen molar-refractivity contribution < 1.29 is 9.18 Å². The van der Waals surface area contributed by atoms with E-state index in [-0.39, 0.29) is 5.82 Å². The molecule has 0 N–H and O–H groups in total. The molecule has 1 aromatic heterocycles. The lowest BCUT2D eigenvalue weighted by molar-refractivity contribution is 0.549. The highest BCUT2D eigenvalue weighted by atomic mass is 19.1. The number of carbonyl (C=O) groups excluding carboxylic acids is 1. The molecule has 0 aliphatic carbocycles. The molecule has 0 unspecified atom stereocenters. The molecule has 0 fully saturated rings. The van der Waals surface area contributed by atoms with E-state index in [9.17, 15) is 9.18 Å². The minimum absolute atomic E-state index is 0.246. The largest absolute Gasteiger partial charge is 0.283 e. The van der Waals surface area contributed by atoms with E-state index in [1.807, 2.05) is 6.29 Å². The SMILES string of the molecule is O=[C]c1ccnn1CCc1ccc(F)cc1. The first-order chi connectivity index (χ1) is 7.79. The molecule has 0 saturated heterocycles. The molecule has 0 bridgehead atoms. The van der Waals surface area contributed by atoms with Crippen LogP contribution in [-0.2, 0) is 17.8 Å². The molecule has 0 atom stereocenters. The summed E-state index contributed by atoms with van der Waals surface area (Å²) in [6, 6.07) is 7.90. The van der Waals surface area contributed by atoms with Gasteiger partial charge in [-0.3, -0.25) is 9.48 Å². The quantitative estimate of drug-likeness (QED) is 0.781. The van der Waals surface area contributed by atoms with Gasteiger partial charge in [0.05, 0.1) is 0 Å². The van der Waals surface area contributed by atoms with Crippen molar-refractivity contribution in [1.82, 2.24) is 9.78 Å². The van der Waals surface area contributed by atoms with Crippen LogP contribution in [0.3, 0.4) is 0 Å². The molecule has 1 heterocycles. The minimum Gasteiger partial charge on any atom is -0.283 e. The Balaban J connectivity index is 2.02. The number of benzene rings is 1. The number of hydrogen-bond acceptors (Lipinski definition) is 2. The molecular formula is C12H10FN2O. The smallest absolute Gasteiger partial charge is 0.253 e. The zero-order chi connectivity index (χ0) is 11.4. The highest BCUT2D eigenvalue weighted by Gasteiger charge is 2.02. The molecule has 3 nitrogen and oxygen atoms in total. The predicted molar refractivity (Wildman–Crippen MR) is 57.1 cm³/mol. The average molecular weight is 217 g/mol. The second-order valence-corrected chi connectivity index (χ2v) is 3.42. The van der Waals surface area contributed by atoms with Crippen molar-refractivity contribution in [2.45, 2.75) is 13.0 Å². The number of aryl methyl sites for hydroxylation is 2. The predicted octanol–water partition coefficient (Wildman–Crippen LogP) is 1.72. The molecular weight excluding hydrogens is 207 g/mol. The van der Waals surface area contributed by atoms with E-state index >= 15 is 0 Å². The van der Waals surface area contributed by atoms with Crippen LogP contribution in [0, 0.1) is 5.82 Å². The summed E-state index contributed by atoms with van der Waals surface area (Å²) in [6.45, 7) is 0.587. The lowest BCUT2D eigenvalue weighted by atomic mass is 10.1. The van der Waals surface area contributed by atoms with Gasteiger partial charge in [-0.25, -0.2) is 4.39 Å². The van der Waals surface area contributed by atoms with E-state index in [1.54, 1.807) is 29.1 Å². The van der Waals surface area contributed by atoms with Gasteiger partial charge >= 0.3 is 0 Å². The van der Waals surface area contributed by atoms with Crippen molar-refractivity contribution in [3.8, 4) is 0 Å². The van der Waals surface area contributed by atoms with Crippen LogP contribution < -0.4 is 0 Å². The molecule has 0 aliphatic heterocycles. The van der Waals surface area contributed by atoms with E-state index in [2.05, 4.69) is 5.10 Å². The van der Waals surface area contributed by atoms with Crippen LogP contribution in [0.1, 0.15) is 11.3 Å². The van der Waals surface area contributed by atoms with E-state index in [1.165, 1.54) is 12.1 Å². The summed E-state index contributed by atoms with van der Waals surface area (Å²) in [5, 5.41) is 4.00. The summed E-state index contributed by atoms with van der Waals surface area (Å²) in [5.41, 5.74) is 1.44. The first-order valence-corrected chi connectivity index (χ1v) is 4.94. The first kappa shape index (κ1) is 10.5. The van der Waals surface area contributed by atoms with Gasteiger partial charge in [0.1, 0.15) is 11.5 Å². The standard InChI is InChI=1S/C12H10FN2O/c13-11-3-1-10(2-4-11)6-8-15-12(9-16)5-7-14-15/h1-5,7H,6,8H2. The van der Waals surface area contributed by atoms with Gasteiger partial charge in [-0.15, -0.1) is 0 Å². The molecule has 2 aromatic rings. The van der Waals surface area contributed by atoms with Gasteiger partial charge in [-0.1, -0.05) is 12.1 Å². The zero-order valence-electron chi connectivity index (χ0n) is 8.56. The lowest BCUT2D eigenvalue weighted by Gasteiger charge is -2.03. The van der Waals surface area contributed by atoms with Crippen LogP contribution in [0.15, 0.2) is 36.5 Å². The monoisotopic (exact) mass is 217 g/mol. The fourth-order valence-corrected chi connectivity index (χ4v) is 1.48. The Hall–Kier alpha value is -1.97. The Bertz CT molecular complexity index is 476. The fourth-order valence-electron chi connectivity index (χ4n) is 1.48. The van der Waals surface area contributed by atoms with Crippen LogP contribution in [0.2, 0.25) is 0 Å². The topological polar surface area (TPSA) is 34.9 Å². The highest BCUT2D eigenvalue weighted by Crippen LogP contribution is 2.05. The first-order valence-electron chi connectivity index (χ1n) is 4.94. The van der Waals surface area contributed by atoms with Crippen molar-refractivity contribution in [2.75, 3.05) is 0 Å². The summed E-state index contributed by atoms with van der Waals surface area (Å²) < 4.78 is 14.2. The van der Waals surface area contributed by atoms with Gasteiger partial charge in [-0.05, 0) is 30.2 Å². The summed E-state index contributed by atoms with van der Waals surface area (Å²) in [5.74, 6) is -0.246. The van der Waals surface area contributed by atoms with Crippen molar-refractivity contribution >= 4 is 6.29 Å². The van der Waals surface area contributed by atoms with Crippen LogP contribution in [0.4, 0.5) is 4.39 Å². The van der Waals surface area contributed by atoms with Crippen LogP contribution in [0.5, 0.6) is 0 Å². The maximum Gasteiger partial charge on any atom is 0.253 e. The number of hydrogen-bond donors (Lipinski definition) is 0. The van der Waals surface area contributed by atoms with Gasteiger partial charge in [0, 0.05) is 12.7 Å². The summed E-state index contributed by atoms with van der Waals surface area (Å²) in [6.07, 6.45) is 4.08. The van der Waals surface area contributed by atoms with E-state index < -0.39 is 0 Å². The molecule has 0 spiro atoms. The maximum atomic E-state index is 12.7. The second kappa shape index (κ2) is 4.70. The van der Waals surface area contributed by atoms with Gasteiger partial charge in [0.2, 0.25) is 0 Å². The summed E-state index contributed by atoms with van der Waals surface area (Å²) >= 11 is 0. The summed E-state index contributed by atoms with van der Waals surface area (Å²) in [7, 11) is 0. The molecule has 16 heavy (non-hydrogen) atoms. The van der Waals surface area contributed by atoms with Gasteiger partial charge in [0.25, 0.3) is 6.29 Å². The van der Waals surface area contributed by atoms with E-state index in [4.69, 9.17) is 0 Å². The molecule has 0 saturated carbocycles. The Morgan fingerprint density at radius 3 is 2.69 bits per heavy atom. The lowest BCUT2D eigenvalue weighted by Crippen LogP contribution is -2.06. The molecule has 1 aromatic carbocycles. The third-order valence-corrected chi connectivity index (χ3v) is 2.35. The van der Waals surface area contributed by atoms with Crippen molar-refractivity contribution in [3.63, 3.8) is 0 Å². The van der Waals surface area contributed by atoms with E-state index in [0.717, 1.165) is 5.56 Å². The number of nitrogens with zero attached hydrogens (tertiary/aromatic N) is 2. The van der Waals surface area contributed by atoms with Crippen molar-refractivity contribution in [1.29, 1.82) is 0 Å². The minimum atomic E-state index is -0.246. The molecule has 4 heteroatoms.